The molecular weight excluding hydrogens is 382 g/mol. The normalized spacial score (nSPS) is 18.4. The van der Waals surface area contributed by atoms with Crippen LogP contribution in [0.15, 0.2) is 39.5 Å². The predicted octanol–water partition coefficient (Wildman–Crippen LogP) is 3.83. The summed E-state index contributed by atoms with van der Waals surface area (Å²) in [6.45, 7) is 6.34. The van der Waals surface area contributed by atoms with Gasteiger partial charge in [-0.2, -0.15) is 0 Å². The maximum Gasteiger partial charge on any atom is 0.349 e. The molecular formula is C24H29NO5. The minimum atomic E-state index is -0.528. The average molecular weight is 411 g/mol. The van der Waals surface area contributed by atoms with Crippen LogP contribution in [0.1, 0.15) is 58.8 Å². The molecule has 30 heavy (non-hydrogen) atoms. The molecule has 2 aliphatic rings. The minimum Gasteiger partial charge on any atom is -0.490 e. The van der Waals surface area contributed by atoms with Gasteiger partial charge in [-0.15, -0.1) is 0 Å². The Morgan fingerprint density at radius 1 is 1.07 bits per heavy atom. The highest BCUT2D eigenvalue weighted by molar-refractivity contribution is 5.95. The van der Waals surface area contributed by atoms with Gasteiger partial charge < -0.3 is 18.8 Å². The van der Waals surface area contributed by atoms with Crippen LogP contribution in [0.2, 0.25) is 0 Å². The maximum atomic E-state index is 13.0. The summed E-state index contributed by atoms with van der Waals surface area (Å²) in [7, 11) is 0. The Morgan fingerprint density at radius 2 is 1.80 bits per heavy atom. The minimum absolute atomic E-state index is 0.0734. The lowest BCUT2D eigenvalue weighted by Crippen LogP contribution is -2.43. The Morgan fingerprint density at radius 3 is 2.47 bits per heavy atom. The second-order valence-corrected chi connectivity index (χ2v) is 8.31. The molecule has 1 aromatic carbocycles. The fourth-order valence-corrected chi connectivity index (χ4v) is 4.29. The SMILES string of the molecule is Cc1cccc(OC2CCN(C(=O)c3c(C)cc(C4CCOCC4)oc3=O)CC2)c1. The molecule has 0 spiro atoms. The fourth-order valence-electron chi connectivity index (χ4n) is 4.29. The van der Waals surface area contributed by atoms with Gasteiger partial charge >= 0.3 is 5.63 Å². The third-order valence-electron chi connectivity index (χ3n) is 6.03. The van der Waals surface area contributed by atoms with E-state index in [0.717, 1.165) is 37.0 Å². The van der Waals surface area contributed by atoms with Gasteiger partial charge in [0.25, 0.3) is 5.91 Å². The fraction of sp³-hybridized carbons (Fsp3) is 0.500. The van der Waals surface area contributed by atoms with Crippen LogP contribution in [0, 0.1) is 13.8 Å². The monoisotopic (exact) mass is 411 g/mol. The molecule has 0 bridgehead atoms. The van der Waals surface area contributed by atoms with E-state index in [1.165, 1.54) is 0 Å². The lowest BCUT2D eigenvalue weighted by Gasteiger charge is -2.32. The van der Waals surface area contributed by atoms with Crippen molar-refractivity contribution in [1.29, 1.82) is 0 Å². The van der Waals surface area contributed by atoms with E-state index in [4.69, 9.17) is 13.9 Å². The van der Waals surface area contributed by atoms with Gasteiger partial charge in [0.05, 0.1) is 0 Å². The molecule has 4 rings (SSSR count). The van der Waals surface area contributed by atoms with Gasteiger partial charge in [0.2, 0.25) is 0 Å². The summed E-state index contributed by atoms with van der Waals surface area (Å²) in [5.41, 5.74) is 1.48. The van der Waals surface area contributed by atoms with Crippen molar-refractivity contribution in [2.24, 2.45) is 0 Å². The van der Waals surface area contributed by atoms with E-state index in [1.54, 1.807) is 4.90 Å². The van der Waals surface area contributed by atoms with Crippen LogP contribution in [0.3, 0.4) is 0 Å². The van der Waals surface area contributed by atoms with E-state index < -0.39 is 5.63 Å². The molecule has 0 radical (unpaired) electrons. The van der Waals surface area contributed by atoms with Crippen molar-refractivity contribution in [3.8, 4) is 5.75 Å². The average Bonchev–Trinajstić information content (AvgIpc) is 2.74. The summed E-state index contributed by atoms with van der Waals surface area (Å²) in [5, 5.41) is 0. The number of likely N-dealkylation sites (tertiary alicyclic amines) is 1. The van der Waals surface area contributed by atoms with Crippen molar-refractivity contribution < 1.29 is 18.7 Å². The molecule has 160 valence electrons. The molecule has 0 atom stereocenters. The molecule has 0 N–H and O–H groups in total. The van der Waals surface area contributed by atoms with Crippen LogP contribution >= 0.6 is 0 Å². The van der Waals surface area contributed by atoms with Gasteiger partial charge in [0.15, 0.2) is 0 Å². The molecule has 1 aromatic heterocycles. The molecule has 0 aliphatic carbocycles. The second-order valence-electron chi connectivity index (χ2n) is 8.31. The number of carbonyl (C=O) groups excluding carboxylic acids is 1. The number of hydrogen-bond donors (Lipinski definition) is 0. The van der Waals surface area contributed by atoms with E-state index >= 15 is 0 Å². The summed E-state index contributed by atoms with van der Waals surface area (Å²) < 4.78 is 17.0. The highest BCUT2D eigenvalue weighted by Crippen LogP contribution is 2.27. The number of nitrogens with zero attached hydrogens (tertiary/aromatic N) is 1. The van der Waals surface area contributed by atoms with E-state index in [1.807, 2.05) is 44.2 Å². The third kappa shape index (κ3) is 4.59. The number of amides is 1. The van der Waals surface area contributed by atoms with Crippen LogP contribution < -0.4 is 10.4 Å². The van der Waals surface area contributed by atoms with Crippen molar-refractivity contribution in [3.05, 3.63) is 63.2 Å². The zero-order chi connectivity index (χ0) is 21.1. The Kier molecular flexibility index (Phi) is 6.23. The summed E-state index contributed by atoms with van der Waals surface area (Å²) in [4.78, 5) is 27.4. The number of carbonyl (C=O) groups is 1. The zero-order valence-electron chi connectivity index (χ0n) is 17.7. The van der Waals surface area contributed by atoms with Crippen molar-refractivity contribution in [1.82, 2.24) is 4.90 Å². The lowest BCUT2D eigenvalue weighted by atomic mass is 9.95. The molecule has 3 heterocycles. The standard InChI is InChI=1S/C24H29NO5/c1-16-4-3-5-20(14-16)29-19-6-10-25(11-7-19)23(26)22-17(2)15-21(30-24(22)27)18-8-12-28-13-9-18/h3-5,14-15,18-19H,6-13H2,1-2H3. The van der Waals surface area contributed by atoms with Gasteiger partial charge in [0, 0.05) is 45.1 Å². The predicted molar refractivity (Wildman–Crippen MR) is 113 cm³/mol. The van der Waals surface area contributed by atoms with Gasteiger partial charge in [-0.3, -0.25) is 4.79 Å². The molecule has 2 saturated heterocycles. The number of ether oxygens (including phenoxy) is 2. The molecule has 6 heteroatoms. The number of piperidine rings is 1. The number of hydrogen-bond acceptors (Lipinski definition) is 5. The Hall–Kier alpha value is -2.60. The van der Waals surface area contributed by atoms with Crippen molar-refractivity contribution in [3.63, 3.8) is 0 Å². The van der Waals surface area contributed by atoms with Crippen LogP contribution in [0.5, 0.6) is 5.75 Å². The number of aryl methyl sites for hydroxylation is 2. The lowest BCUT2D eigenvalue weighted by molar-refractivity contribution is 0.0588. The first-order valence-electron chi connectivity index (χ1n) is 10.8. The van der Waals surface area contributed by atoms with Crippen molar-refractivity contribution >= 4 is 5.91 Å². The second kappa shape index (κ2) is 9.04. The third-order valence-corrected chi connectivity index (χ3v) is 6.03. The first kappa shape index (κ1) is 20.7. The molecule has 2 aliphatic heterocycles. The van der Waals surface area contributed by atoms with Crippen LogP contribution in [-0.2, 0) is 4.74 Å². The molecule has 2 fully saturated rings. The molecule has 0 unspecified atom stereocenters. The van der Waals surface area contributed by atoms with E-state index in [0.29, 0.717) is 37.6 Å². The molecule has 1 amide bonds. The zero-order valence-corrected chi connectivity index (χ0v) is 17.7. The molecule has 0 saturated carbocycles. The number of rotatable bonds is 4. The first-order chi connectivity index (χ1) is 14.5. The van der Waals surface area contributed by atoms with Gasteiger partial charge in [-0.1, -0.05) is 12.1 Å². The van der Waals surface area contributed by atoms with Crippen LogP contribution in [0.4, 0.5) is 0 Å². The van der Waals surface area contributed by atoms with Crippen molar-refractivity contribution in [2.75, 3.05) is 26.3 Å². The van der Waals surface area contributed by atoms with Gasteiger partial charge in [-0.25, -0.2) is 4.79 Å². The summed E-state index contributed by atoms with van der Waals surface area (Å²) in [6, 6.07) is 9.86. The summed E-state index contributed by atoms with van der Waals surface area (Å²) in [5.74, 6) is 1.47. The van der Waals surface area contributed by atoms with E-state index in [2.05, 4.69) is 0 Å². The quantitative estimate of drug-likeness (QED) is 0.765. The molecule has 2 aromatic rings. The summed E-state index contributed by atoms with van der Waals surface area (Å²) >= 11 is 0. The maximum absolute atomic E-state index is 13.0. The largest absolute Gasteiger partial charge is 0.490 e. The van der Waals surface area contributed by atoms with Crippen LogP contribution in [-0.4, -0.2) is 43.2 Å². The van der Waals surface area contributed by atoms with Crippen LogP contribution in [0.25, 0.3) is 0 Å². The smallest absolute Gasteiger partial charge is 0.349 e. The van der Waals surface area contributed by atoms with E-state index in [-0.39, 0.29) is 23.5 Å². The van der Waals surface area contributed by atoms with Gasteiger partial charge in [0.1, 0.15) is 23.2 Å². The van der Waals surface area contributed by atoms with Gasteiger partial charge in [-0.05, 0) is 56.0 Å². The Labute approximate surface area is 176 Å². The Balaban J connectivity index is 1.40. The molecule has 6 nitrogen and oxygen atoms in total. The van der Waals surface area contributed by atoms with E-state index in [9.17, 15) is 9.59 Å². The topological polar surface area (TPSA) is 69.0 Å². The Bertz CT molecular complexity index is 952. The highest BCUT2D eigenvalue weighted by atomic mass is 16.5. The highest BCUT2D eigenvalue weighted by Gasteiger charge is 2.29. The van der Waals surface area contributed by atoms with Crippen molar-refractivity contribution in [2.45, 2.75) is 51.6 Å². The first-order valence-corrected chi connectivity index (χ1v) is 10.8. The number of benzene rings is 1. The summed E-state index contributed by atoms with van der Waals surface area (Å²) in [6.07, 6.45) is 3.23.